The molecule has 0 radical (unpaired) electrons. The van der Waals surface area contributed by atoms with Crippen molar-refractivity contribution in [2.24, 2.45) is 0 Å². The van der Waals surface area contributed by atoms with Gasteiger partial charge in [0.1, 0.15) is 22.3 Å². The molecule has 2 heterocycles. The number of rotatable bonds is 6. The van der Waals surface area contributed by atoms with Crippen molar-refractivity contribution in [1.82, 2.24) is 0 Å². The Hall–Kier alpha value is -6.84. The SMILES string of the molecule is C=C/C=C\C=C/c1cc2oc3ccccc3c2cc1-c1ccc2c(c1)oc1ccccc12.Nc1ccc(-c2ccc(-c3ccccc3)cc2)cc1. The summed E-state index contributed by atoms with van der Waals surface area (Å²) in [5.41, 5.74) is 18.3. The molecule has 0 aliphatic rings. The number of furan rings is 2. The van der Waals surface area contributed by atoms with Crippen molar-refractivity contribution in [3.63, 3.8) is 0 Å². The van der Waals surface area contributed by atoms with Crippen LogP contribution in [0.2, 0.25) is 0 Å². The lowest BCUT2D eigenvalue weighted by molar-refractivity contribution is 0.669. The van der Waals surface area contributed by atoms with E-state index in [-0.39, 0.29) is 0 Å². The van der Waals surface area contributed by atoms with Crippen molar-refractivity contribution in [2.45, 2.75) is 0 Å². The largest absolute Gasteiger partial charge is 0.456 e. The zero-order chi connectivity index (χ0) is 34.6. The Balaban J connectivity index is 0.000000168. The third kappa shape index (κ3) is 6.49. The van der Waals surface area contributed by atoms with Crippen molar-refractivity contribution in [1.29, 1.82) is 0 Å². The summed E-state index contributed by atoms with van der Waals surface area (Å²) in [6.07, 6.45) is 9.78. The van der Waals surface area contributed by atoms with Crippen LogP contribution < -0.4 is 5.73 Å². The summed E-state index contributed by atoms with van der Waals surface area (Å²) in [5.74, 6) is 0. The molecule has 0 bridgehead atoms. The van der Waals surface area contributed by atoms with Gasteiger partial charge in [-0.15, -0.1) is 0 Å². The first-order chi connectivity index (χ1) is 25.1. The quantitative estimate of drug-likeness (QED) is 0.143. The first kappa shape index (κ1) is 31.4. The number of nitrogens with two attached hydrogens (primary N) is 1. The van der Waals surface area contributed by atoms with E-state index in [4.69, 9.17) is 14.6 Å². The molecule has 9 aromatic rings. The zero-order valence-corrected chi connectivity index (χ0v) is 28.0. The maximum Gasteiger partial charge on any atom is 0.136 e. The number of hydrogen-bond acceptors (Lipinski definition) is 3. The molecule has 9 rings (SSSR count). The predicted octanol–water partition coefficient (Wildman–Crippen LogP) is 13.5. The Morgan fingerprint density at radius 3 is 1.57 bits per heavy atom. The van der Waals surface area contributed by atoms with Gasteiger partial charge in [0.15, 0.2) is 0 Å². The molecule has 244 valence electrons. The van der Waals surface area contributed by atoms with Crippen molar-refractivity contribution >= 4 is 55.6 Å². The highest BCUT2D eigenvalue weighted by Crippen LogP contribution is 2.38. The fourth-order valence-corrected chi connectivity index (χ4v) is 6.53. The Morgan fingerprint density at radius 2 is 0.922 bits per heavy atom. The van der Waals surface area contributed by atoms with Gasteiger partial charge in [-0.25, -0.2) is 0 Å². The van der Waals surface area contributed by atoms with Crippen LogP contribution in [0.4, 0.5) is 5.69 Å². The predicted molar refractivity (Wildman–Crippen MR) is 217 cm³/mol. The van der Waals surface area contributed by atoms with Gasteiger partial charge in [0.25, 0.3) is 0 Å². The number of nitrogen functional groups attached to an aromatic ring is 1. The highest BCUT2D eigenvalue weighted by Gasteiger charge is 2.14. The van der Waals surface area contributed by atoms with E-state index < -0.39 is 0 Å². The van der Waals surface area contributed by atoms with Crippen molar-refractivity contribution in [2.75, 3.05) is 5.73 Å². The fourth-order valence-electron chi connectivity index (χ4n) is 6.53. The van der Waals surface area contributed by atoms with Gasteiger partial charge in [-0.05, 0) is 87.5 Å². The van der Waals surface area contributed by atoms with E-state index in [1.165, 1.54) is 22.3 Å². The summed E-state index contributed by atoms with van der Waals surface area (Å²) in [6, 6.07) is 54.1. The molecule has 2 aromatic heterocycles. The summed E-state index contributed by atoms with van der Waals surface area (Å²) >= 11 is 0. The van der Waals surface area contributed by atoms with Crippen LogP contribution in [0, 0.1) is 0 Å². The van der Waals surface area contributed by atoms with Gasteiger partial charge in [0, 0.05) is 27.2 Å². The number of anilines is 1. The molecule has 51 heavy (non-hydrogen) atoms. The molecule has 3 nitrogen and oxygen atoms in total. The molecule has 2 N–H and O–H groups in total. The summed E-state index contributed by atoms with van der Waals surface area (Å²) in [4.78, 5) is 0. The van der Waals surface area contributed by atoms with Crippen LogP contribution in [0.25, 0.3) is 83.3 Å². The van der Waals surface area contributed by atoms with Crippen LogP contribution in [0.3, 0.4) is 0 Å². The molecule has 0 aliphatic carbocycles. The molecule has 0 aliphatic heterocycles. The summed E-state index contributed by atoms with van der Waals surface area (Å²) in [7, 11) is 0. The van der Waals surface area contributed by atoms with E-state index >= 15 is 0 Å². The lowest BCUT2D eigenvalue weighted by atomic mass is 9.96. The second-order valence-corrected chi connectivity index (χ2v) is 12.4. The molecule has 0 atom stereocenters. The van der Waals surface area contributed by atoms with Crippen LogP contribution in [0.15, 0.2) is 197 Å². The second-order valence-electron chi connectivity index (χ2n) is 12.4. The van der Waals surface area contributed by atoms with Crippen LogP contribution in [0.1, 0.15) is 5.56 Å². The highest BCUT2D eigenvalue weighted by molar-refractivity contribution is 6.09. The van der Waals surface area contributed by atoms with Crippen LogP contribution in [-0.2, 0) is 0 Å². The lowest BCUT2D eigenvalue weighted by Crippen LogP contribution is -1.84. The Morgan fingerprint density at radius 1 is 0.412 bits per heavy atom. The van der Waals surface area contributed by atoms with Crippen LogP contribution in [0.5, 0.6) is 0 Å². The standard InChI is InChI=1S/C30H20O2.C18H15N/c1-2-3-4-5-10-20-17-30-26(23-12-7-9-14-28(23)32-30)19-25(20)21-15-16-24-22-11-6-8-13-27(22)31-29(24)18-21;19-18-12-10-17(11-13-18)16-8-6-15(7-9-16)14-4-2-1-3-5-14/h2-19H,1H2;1-13H,19H2/b4-3-,10-5-;. The minimum atomic E-state index is 0.796. The number of para-hydroxylation sites is 2. The summed E-state index contributed by atoms with van der Waals surface area (Å²) in [6.45, 7) is 3.74. The number of allylic oxidation sites excluding steroid dienone is 4. The lowest BCUT2D eigenvalue weighted by Gasteiger charge is -2.07. The van der Waals surface area contributed by atoms with Crippen molar-refractivity contribution in [3.05, 3.63) is 194 Å². The van der Waals surface area contributed by atoms with E-state index in [1.54, 1.807) is 6.08 Å². The number of benzene rings is 7. The van der Waals surface area contributed by atoms with E-state index in [1.807, 2.05) is 85.0 Å². The first-order valence-electron chi connectivity index (χ1n) is 17.0. The van der Waals surface area contributed by atoms with Gasteiger partial charge in [0.05, 0.1) is 0 Å². The average molecular weight is 658 g/mol. The second kappa shape index (κ2) is 13.9. The molecular weight excluding hydrogens is 623 g/mol. The van der Waals surface area contributed by atoms with Crippen molar-refractivity contribution < 1.29 is 8.83 Å². The maximum absolute atomic E-state index is 6.15. The Kier molecular flexibility index (Phi) is 8.60. The fraction of sp³-hybridized carbons (Fsp3) is 0. The highest BCUT2D eigenvalue weighted by atomic mass is 16.3. The van der Waals surface area contributed by atoms with Gasteiger partial charge >= 0.3 is 0 Å². The van der Waals surface area contributed by atoms with Gasteiger partial charge in [0.2, 0.25) is 0 Å². The molecule has 7 aromatic carbocycles. The van der Waals surface area contributed by atoms with Gasteiger partial charge < -0.3 is 14.6 Å². The Bertz CT molecular complexity index is 2690. The molecular formula is C48H35NO2. The van der Waals surface area contributed by atoms with E-state index in [9.17, 15) is 0 Å². The Labute approximate surface area is 296 Å². The zero-order valence-electron chi connectivity index (χ0n) is 28.0. The molecule has 0 amide bonds. The third-order valence-electron chi connectivity index (χ3n) is 9.11. The van der Waals surface area contributed by atoms with Crippen LogP contribution >= 0.6 is 0 Å². The smallest absolute Gasteiger partial charge is 0.136 e. The van der Waals surface area contributed by atoms with Gasteiger partial charge in [-0.1, -0.05) is 146 Å². The molecule has 0 saturated heterocycles. The minimum absolute atomic E-state index is 0.796. The minimum Gasteiger partial charge on any atom is -0.456 e. The third-order valence-corrected chi connectivity index (χ3v) is 9.11. The van der Waals surface area contributed by atoms with Gasteiger partial charge in [-0.3, -0.25) is 0 Å². The summed E-state index contributed by atoms with van der Waals surface area (Å²) in [5, 5.41) is 4.50. The maximum atomic E-state index is 6.15. The topological polar surface area (TPSA) is 52.3 Å². The number of hydrogen-bond donors (Lipinski definition) is 1. The van der Waals surface area contributed by atoms with E-state index in [0.717, 1.165) is 66.3 Å². The van der Waals surface area contributed by atoms with E-state index in [0.29, 0.717) is 0 Å². The molecule has 0 fully saturated rings. The van der Waals surface area contributed by atoms with Crippen molar-refractivity contribution in [3.8, 4) is 33.4 Å². The molecule has 3 heteroatoms. The molecule has 0 saturated carbocycles. The van der Waals surface area contributed by atoms with Gasteiger partial charge in [-0.2, -0.15) is 0 Å². The normalized spacial score (nSPS) is 11.5. The number of fused-ring (bicyclic) bond motifs is 6. The molecule has 0 unspecified atom stereocenters. The van der Waals surface area contributed by atoms with E-state index in [2.05, 4.69) is 104 Å². The summed E-state index contributed by atoms with van der Waals surface area (Å²) < 4.78 is 12.3. The molecule has 0 spiro atoms. The average Bonchev–Trinajstić information content (AvgIpc) is 3.74. The first-order valence-corrected chi connectivity index (χ1v) is 17.0. The van der Waals surface area contributed by atoms with Crippen LogP contribution in [-0.4, -0.2) is 0 Å². The monoisotopic (exact) mass is 657 g/mol.